The van der Waals surface area contributed by atoms with Gasteiger partial charge in [0.2, 0.25) is 0 Å². The Morgan fingerprint density at radius 1 is 1.43 bits per heavy atom. The number of rotatable bonds is 3. The van der Waals surface area contributed by atoms with Gasteiger partial charge in [0.25, 0.3) is 0 Å². The summed E-state index contributed by atoms with van der Waals surface area (Å²) in [5, 5.41) is 7.09. The van der Waals surface area contributed by atoms with E-state index in [1.165, 1.54) is 11.3 Å². The van der Waals surface area contributed by atoms with Gasteiger partial charge < -0.3 is 5.32 Å². The second-order valence-corrected chi connectivity index (χ2v) is 5.21. The fourth-order valence-electron chi connectivity index (χ4n) is 1.13. The quantitative estimate of drug-likeness (QED) is 0.903. The third kappa shape index (κ3) is 1.95. The van der Waals surface area contributed by atoms with E-state index in [0.29, 0.717) is 4.34 Å². The molecule has 3 nitrogen and oxygen atoms in total. The molecule has 0 aliphatic heterocycles. The van der Waals surface area contributed by atoms with Gasteiger partial charge in [-0.2, -0.15) is 0 Å². The highest BCUT2D eigenvalue weighted by atomic mass is 35.5. The van der Waals surface area contributed by atoms with Crippen molar-refractivity contribution in [2.75, 3.05) is 7.05 Å². The molecular weight excluding hydrogens is 238 g/mol. The summed E-state index contributed by atoms with van der Waals surface area (Å²) >= 11 is 8.92. The van der Waals surface area contributed by atoms with E-state index >= 15 is 0 Å². The highest BCUT2D eigenvalue weighted by Crippen LogP contribution is 2.28. The zero-order valence-corrected chi connectivity index (χ0v) is 9.79. The molecule has 74 valence electrons. The van der Waals surface area contributed by atoms with Crippen LogP contribution in [0.1, 0.15) is 16.1 Å². The van der Waals surface area contributed by atoms with Crippen LogP contribution < -0.4 is 5.32 Å². The number of nitrogens with one attached hydrogen (secondary N) is 1. The van der Waals surface area contributed by atoms with E-state index in [1.807, 2.05) is 12.4 Å². The third-order valence-corrected chi connectivity index (χ3v) is 3.75. The molecule has 0 radical (unpaired) electrons. The Morgan fingerprint density at radius 2 is 2.29 bits per heavy atom. The Morgan fingerprint density at radius 3 is 2.79 bits per heavy atom. The molecule has 0 amide bonds. The molecular formula is C8H8ClN3S2. The van der Waals surface area contributed by atoms with Crippen molar-refractivity contribution in [2.45, 2.75) is 6.04 Å². The van der Waals surface area contributed by atoms with Gasteiger partial charge in [-0.05, 0) is 7.05 Å². The molecule has 2 aromatic rings. The Balaban J connectivity index is 2.31. The van der Waals surface area contributed by atoms with E-state index in [0.717, 1.165) is 10.0 Å². The number of nitrogens with zero attached hydrogens (tertiary/aromatic N) is 2. The Labute approximate surface area is 94.8 Å². The Kier molecular flexibility index (Phi) is 3.12. The van der Waals surface area contributed by atoms with Crippen LogP contribution in [0.5, 0.6) is 0 Å². The average molecular weight is 246 g/mol. The van der Waals surface area contributed by atoms with Crippen molar-refractivity contribution < 1.29 is 0 Å². The smallest absolute Gasteiger partial charge is 0.118 e. The lowest BCUT2D eigenvalue weighted by Gasteiger charge is -2.08. The molecule has 6 heteroatoms. The first-order valence-corrected chi connectivity index (χ1v) is 6.06. The van der Waals surface area contributed by atoms with E-state index in [2.05, 4.69) is 15.3 Å². The molecule has 2 rings (SSSR count). The van der Waals surface area contributed by atoms with Crippen LogP contribution in [-0.4, -0.2) is 17.0 Å². The van der Waals surface area contributed by atoms with Crippen LogP contribution in [0.4, 0.5) is 0 Å². The second-order valence-electron chi connectivity index (χ2n) is 2.59. The molecule has 14 heavy (non-hydrogen) atoms. The van der Waals surface area contributed by atoms with Gasteiger partial charge in [0.05, 0.1) is 6.20 Å². The van der Waals surface area contributed by atoms with Gasteiger partial charge in [0.15, 0.2) is 0 Å². The molecule has 0 aromatic carbocycles. The summed E-state index contributed by atoms with van der Waals surface area (Å²) in [5.41, 5.74) is 0. The van der Waals surface area contributed by atoms with Crippen molar-refractivity contribution in [3.63, 3.8) is 0 Å². The van der Waals surface area contributed by atoms with E-state index in [9.17, 15) is 0 Å². The topological polar surface area (TPSA) is 37.8 Å². The van der Waals surface area contributed by atoms with Crippen molar-refractivity contribution in [3.05, 3.63) is 32.1 Å². The van der Waals surface area contributed by atoms with Crippen LogP contribution >= 0.6 is 34.3 Å². The molecule has 2 aromatic heterocycles. The SMILES string of the molecule is CNC(c1nccs1)c1ncc(Cl)s1. The molecule has 0 spiro atoms. The van der Waals surface area contributed by atoms with Gasteiger partial charge in [-0.1, -0.05) is 11.6 Å². The minimum atomic E-state index is 0.0625. The first-order valence-electron chi connectivity index (χ1n) is 3.99. The summed E-state index contributed by atoms with van der Waals surface area (Å²) in [4.78, 5) is 8.49. The molecule has 0 aliphatic carbocycles. The minimum Gasteiger partial charge on any atom is -0.305 e. The maximum absolute atomic E-state index is 5.83. The largest absolute Gasteiger partial charge is 0.305 e. The zero-order chi connectivity index (χ0) is 9.97. The summed E-state index contributed by atoms with van der Waals surface area (Å²) in [6.07, 6.45) is 3.46. The molecule has 0 saturated heterocycles. The fraction of sp³-hybridized carbons (Fsp3) is 0.250. The van der Waals surface area contributed by atoms with Gasteiger partial charge >= 0.3 is 0 Å². The molecule has 0 aliphatic rings. The first-order chi connectivity index (χ1) is 6.81. The van der Waals surface area contributed by atoms with Crippen molar-refractivity contribution >= 4 is 34.3 Å². The lowest BCUT2D eigenvalue weighted by atomic mass is 10.3. The summed E-state index contributed by atoms with van der Waals surface area (Å²) in [6.45, 7) is 0. The van der Waals surface area contributed by atoms with Crippen molar-refractivity contribution in [2.24, 2.45) is 0 Å². The van der Waals surface area contributed by atoms with Gasteiger partial charge in [-0.15, -0.1) is 22.7 Å². The van der Waals surface area contributed by atoms with Crippen LogP contribution in [-0.2, 0) is 0 Å². The molecule has 1 unspecified atom stereocenters. The maximum atomic E-state index is 5.83. The summed E-state index contributed by atoms with van der Waals surface area (Å²) < 4.78 is 0.705. The number of hydrogen-bond acceptors (Lipinski definition) is 5. The number of halogens is 1. The lowest BCUT2D eigenvalue weighted by molar-refractivity contribution is 0.681. The van der Waals surface area contributed by atoms with Gasteiger partial charge in [0, 0.05) is 11.6 Å². The van der Waals surface area contributed by atoms with Gasteiger partial charge in [0.1, 0.15) is 20.4 Å². The molecule has 1 N–H and O–H groups in total. The van der Waals surface area contributed by atoms with Crippen molar-refractivity contribution in [1.29, 1.82) is 0 Å². The van der Waals surface area contributed by atoms with Crippen LogP contribution in [0.2, 0.25) is 4.34 Å². The Bertz CT molecular complexity index is 398. The summed E-state index contributed by atoms with van der Waals surface area (Å²) in [5.74, 6) is 0. The van der Waals surface area contributed by atoms with Crippen LogP contribution in [0.3, 0.4) is 0 Å². The lowest BCUT2D eigenvalue weighted by Crippen LogP contribution is -2.16. The van der Waals surface area contributed by atoms with Crippen molar-refractivity contribution in [3.8, 4) is 0 Å². The first kappa shape index (κ1) is 10.0. The van der Waals surface area contributed by atoms with E-state index < -0.39 is 0 Å². The van der Waals surface area contributed by atoms with Gasteiger partial charge in [-0.25, -0.2) is 9.97 Å². The summed E-state index contributed by atoms with van der Waals surface area (Å²) in [6, 6.07) is 0.0625. The van der Waals surface area contributed by atoms with Crippen molar-refractivity contribution in [1.82, 2.24) is 15.3 Å². The van der Waals surface area contributed by atoms with Crippen LogP contribution in [0.15, 0.2) is 17.8 Å². The average Bonchev–Trinajstić information content (AvgIpc) is 2.79. The Hall–Kier alpha value is -0.490. The monoisotopic (exact) mass is 245 g/mol. The van der Waals surface area contributed by atoms with E-state index in [4.69, 9.17) is 11.6 Å². The fourth-order valence-corrected chi connectivity index (χ4v) is 3.00. The highest BCUT2D eigenvalue weighted by Gasteiger charge is 2.17. The maximum Gasteiger partial charge on any atom is 0.118 e. The van der Waals surface area contributed by atoms with Gasteiger partial charge in [-0.3, -0.25) is 0 Å². The number of thiazole rings is 2. The minimum absolute atomic E-state index is 0.0625. The second kappa shape index (κ2) is 4.35. The highest BCUT2D eigenvalue weighted by molar-refractivity contribution is 7.16. The molecule has 0 bridgehead atoms. The zero-order valence-electron chi connectivity index (χ0n) is 7.40. The normalized spacial score (nSPS) is 13.0. The number of aromatic nitrogens is 2. The third-order valence-electron chi connectivity index (χ3n) is 1.73. The summed E-state index contributed by atoms with van der Waals surface area (Å²) in [7, 11) is 1.89. The number of hydrogen-bond donors (Lipinski definition) is 1. The molecule has 0 fully saturated rings. The molecule has 0 saturated carbocycles. The van der Waals surface area contributed by atoms with E-state index in [-0.39, 0.29) is 6.04 Å². The predicted molar refractivity (Wildman–Crippen MR) is 60.1 cm³/mol. The van der Waals surface area contributed by atoms with Crippen LogP contribution in [0.25, 0.3) is 0 Å². The van der Waals surface area contributed by atoms with E-state index in [1.54, 1.807) is 23.7 Å². The van der Waals surface area contributed by atoms with Crippen LogP contribution in [0, 0.1) is 0 Å². The molecule has 1 atom stereocenters. The molecule has 2 heterocycles. The standard InChI is InChI=1S/C8H8ClN3S2/c1-10-6(7-11-2-3-13-7)8-12-4-5(9)14-8/h2-4,6,10H,1H3. The predicted octanol–water partition coefficient (Wildman–Crippen LogP) is 2.56.